The number of rotatable bonds is 22. The third-order valence-corrected chi connectivity index (χ3v) is 9.49. The third-order valence-electron chi connectivity index (χ3n) is 9.49. The molecule has 2 aliphatic heterocycles. The Morgan fingerprint density at radius 2 is 1.00 bits per heavy atom. The van der Waals surface area contributed by atoms with Crippen LogP contribution in [0.4, 0.5) is 0 Å². The van der Waals surface area contributed by atoms with Gasteiger partial charge in [0.25, 0.3) is 0 Å². The first kappa shape index (κ1) is 33.1. The molecular formula is C34H68N2O. The summed E-state index contributed by atoms with van der Waals surface area (Å²) in [5.74, 6) is 1.81. The molecule has 0 radical (unpaired) electrons. The number of nitrogens with zero attached hydrogens (tertiary/aromatic N) is 2. The molecular weight excluding hydrogens is 452 g/mol. The summed E-state index contributed by atoms with van der Waals surface area (Å²) >= 11 is 0. The van der Waals surface area contributed by atoms with E-state index in [0.717, 1.165) is 25.0 Å². The Balaban J connectivity index is 1.80. The Kier molecular flexibility index (Phi) is 18.5. The second kappa shape index (κ2) is 20.7. The van der Waals surface area contributed by atoms with E-state index in [-0.39, 0.29) is 5.60 Å². The molecule has 0 bridgehead atoms. The minimum absolute atomic E-state index is 0.143. The highest BCUT2D eigenvalue weighted by Crippen LogP contribution is 2.32. The van der Waals surface area contributed by atoms with Gasteiger partial charge in [0.05, 0.1) is 12.2 Å². The first-order valence-electron chi connectivity index (χ1n) is 17.2. The van der Waals surface area contributed by atoms with Crippen LogP contribution in [0.25, 0.3) is 0 Å². The third kappa shape index (κ3) is 14.2. The molecule has 220 valence electrons. The lowest BCUT2D eigenvalue weighted by Crippen LogP contribution is -2.57. The van der Waals surface area contributed by atoms with E-state index in [2.05, 4.69) is 37.5 Å². The minimum Gasteiger partial charge on any atom is -0.372 e. The van der Waals surface area contributed by atoms with E-state index in [9.17, 15) is 0 Å². The summed E-state index contributed by atoms with van der Waals surface area (Å²) in [5.41, 5.74) is 0.143. The van der Waals surface area contributed by atoms with Crippen molar-refractivity contribution in [3.63, 3.8) is 0 Å². The molecule has 3 nitrogen and oxygen atoms in total. The van der Waals surface area contributed by atoms with Gasteiger partial charge in [-0.15, -0.1) is 0 Å². The molecule has 1 spiro atoms. The van der Waals surface area contributed by atoms with Crippen LogP contribution in [-0.2, 0) is 4.74 Å². The van der Waals surface area contributed by atoms with Gasteiger partial charge in [0.2, 0.25) is 0 Å². The van der Waals surface area contributed by atoms with Crippen LogP contribution in [0.5, 0.6) is 0 Å². The number of ether oxygens (including phenoxy) is 1. The Morgan fingerprint density at radius 3 is 1.49 bits per heavy atom. The summed E-state index contributed by atoms with van der Waals surface area (Å²) in [5, 5.41) is 0. The maximum absolute atomic E-state index is 6.58. The van der Waals surface area contributed by atoms with Crippen LogP contribution < -0.4 is 0 Å². The van der Waals surface area contributed by atoms with Crippen LogP contribution in [-0.4, -0.2) is 61.3 Å². The number of hydrogen-bond donors (Lipinski definition) is 0. The van der Waals surface area contributed by atoms with Crippen LogP contribution in [0.2, 0.25) is 0 Å². The van der Waals surface area contributed by atoms with Crippen molar-refractivity contribution in [2.45, 2.75) is 162 Å². The fourth-order valence-electron chi connectivity index (χ4n) is 6.98. The molecule has 0 aliphatic carbocycles. The molecule has 2 fully saturated rings. The fourth-order valence-corrected chi connectivity index (χ4v) is 6.98. The first-order chi connectivity index (χ1) is 18.1. The monoisotopic (exact) mass is 521 g/mol. The predicted octanol–water partition coefficient (Wildman–Crippen LogP) is 9.49. The van der Waals surface area contributed by atoms with Crippen molar-refractivity contribution in [1.29, 1.82) is 0 Å². The zero-order chi connectivity index (χ0) is 26.6. The van der Waals surface area contributed by atoms with Gasteiger partial charge in [-0.05, 0) is 50.4 Å². The molecule has 2 aliphatic rings. The van der Waals surface area contributed by atoms with E-state index in [4.69, 9.17) is 4.74 Å². The van der Waals surface area contributed by atoms with Crippen LogP contribution in [0, 0.1) is 11.8 Å². The average molecular weight is 521 g/mol. The summed E-state index contributed by atoms with van der Waals surface area (Å²) < 4.78 is 6.58. The van der Waals surface area contributed by atoms with Crippen LogP contribution in [0.1, 0.15) is 156 Å². The highest BCUT2D eigenvalue weighted by Gasteiger charge is 2.40. The van der Waals surface area contributed by atoms with Gasteiger partial charge >= 0.3 is 0 Å². The van der Waals surface area contributed by atoms with Gasteiger partial charge in [0.15, 0.2) is 0 Å². The molecule has 0 amide bonds. The Labute approximate surface area is 233 Å². The summed E-state index contributed by atoms with van der Waals surface area (Å²) in [6.45, 7) is 17.8. The van der Waals surface area contributed by atoms with E-state index in [1.54, 1.807) is 0 Å². The van der Waals surface area contributed by atoms with Crippen molar-refractivity contribution in [2.75, 3.05) is 45.9 Å². The molecule has 2 heterocycles. The summed E-state index contributed by atoms with van der Waals surface area (Å²) in [6.07, 6.45) is 27.9. The van der Waals surface area contributed by atoms with Gasteiger partial charge in [-0.3, -0.25) is 4.90 Å². The molecule has 0 aromatic rings. The highest BCUT2D eigenvalue weighted by atomic mass is 16.5. The van der Waals surface area contributed by atoms with Crippen molar-refractivity contribution in [2.24, 2.45) is 11.8 Å². The van der Waals surface area contributed by atoms with E-state index >= 15 is 0 Å². The lowest BCUT2D eigenvalue weighted by Gasteiger charge is -2.48. The van der Waals surface area contributed by atoms with E-state index in [1.165, 1.54) is 161 Å². The van der Waals surface area contributed by atoms with Crippen molar-refractivity contribution in [3.05, 3.63) is 0 Å². The lowest BCUT2D eigenvalue weighted by atomic mass is 9.87. The number of hydrogen-bond acceptors (Lipinski definition) is 3. The second-order valence-electron chi connectivity index (χ2n) is 13.0. The van der Waals surface area contributed by atoms with E-state index in [0.29, 0.717) is 0 Å². The van der Waals surface area contributed by atoms with E-state index in [1.807, 2.05) is 0 Å². The summed E-state index contributed by atoms with van der Waals surface area (Å²) in [4.78, 5) is 5.62. The molecule has 1 unspecified atom stereocenters. The van der Waals surface area contributed by atoms with Crippen molar-refractivity contribution in [3.8, 4) is 0 Å². The molecule has 37 heavy (non-hydrogen) atoms. The number of likely N-dealkylation sites (tertiary alicyclic amines) is 1. The maximum Gasteiger partial charge on any atom is 0.0833 e. The van der Waals surface area contributed by atoms with Gasteiger partial charge in [0.1, 0.15) is 0 Å². The van der Waals surface area contributed by atoms with Gasteiger partial charge in [-0.2, -0.15) is 0 Å². The molecule has 0 N–H and O–H groups in total. The SMILES string of the molecule is CCCCCCC(CCCCCC)CN1CCC2(CC1)CN(CC(CCCC)CCCCCC)CCO2. The smallest absolute Gasteiger partial charge is 0.0833 e. The predicted molar refractivity (Wildman–Crippen MR) is 164 cm³/mol. The van der Waals surface area contributed by atoms with Gasteiger partial charge in [-0.25, -0.2) is 0 Å². The van der Waals surface area contributed by atoms with Crippen molar-refractivity contribution < 1.29 is 4.74 Å². The topological polar surface area (TPSA) is 15.7 Å². The number of morpholine rings is 1. The number of piperidine rings is 1. The van der Waals surface area contributed by atoms with Gasteiger partial charge in [0, 0.05) is 39.3 Å². The van der Waals surface area contributed by atoms with Gasteiger partial charge in [-0.1, -0.05) is 118 Å². The van der Waals surface area contributed by atoms with E-state index < -0.39 is 0 Å². The quantitative estimate of drug-likeness (QED) is 0.132. The molecule has 1 atom stereocenters. The largest absolute Gasteiger partial charge is 0.372 e. The molecule has 0 saturated carbocycles. The van der Waals surface area contributed by atoms with Crippen LogP contribution in [0.3, 0.4) is 0 Å². The Hall–Kier alpha value is -0.120. The van der Waals surface area contributed by atoms with Crippen LogP contribution >= 0.6 is 0 Å². The zero-order valence-electron chi connectivity index (χ0n) is 26.0. The average Bonchev–Trinajstić information content (AvgIpc) is 2.91. The van der Waals surface area contributed by atoms with Crippen molar-refractivity contribution in [1.82, 2.24) is 9.80 Å². The maximum atomic E-state index is 6.58. The summed E-state index contributed by atoms with van der Waals surface area (Å²) in [7, 11) is 0. The number of unbranched alkanes of at least 4 members (excludes halogenated alkanes) is 10. The second-order valence-corrected chi connectivity index (χ2v) is 13.0. The molecule has 0 aromatic heterocycles. The standard InChI is InChI=1S/C34H68N2O/c1-5-9-13-16-20-32(19-12-8-4)30-36-27-28-37-34(31-36)23-25-35(26-24-34)29-33(21-17-14-10-6-2)22-18-15-11-7-3/h32-33H,5-31H2,1-4H3. The Bertz CT molecular complexity index is 504. The molecule has 2 rings (SSSR count). The van der Waals surface area contributed by atoms with Crippen molar-refractivity contribution >= 4 is 0 Å². The highest BCUT2D eigenvalue weighted by molar-refractivity contribution is 4.93. The molecule has 3 heteroatoms. The fraction of sp³-hybridized carbons (Fsp3) is 1.00. The first-order valence-corrected chi connectivity index (χ1v) is 17.2. The normalized spacial score (nSPS) is 19.7. The summed E-state index contributed by atoms with van der Waals surface area (Å²) in [6, 6.07) is 0. The minimum atomic E-state index is 0.143. The van der Waals surface area contributed by atoms with Gasteiger partial charge < -0.3 is 9.64 Å². The molecule has 2 saturated heterocycles. The molecule has 0 aromatic carbocycles. The zero-order valence-corrected chi connectivity index (χ0v) is 26.0. The van der Waals surface area contributed by atoms with Crippen LogP contribution in [0.15, 0.2) is 0 Å². The Morgan fingerprint density at radius 1 is 0.541 bits per heavy atom. The lowest BCUT2D eigenvalue weighted by molar-refractivity contribution is -0.138.